The first-order chi connectivity index (χ1) is 12.2. The topological polar surface area (TPSA) is 73.2 Å². The normalized spacial score (nSPS) is 11.1. The van der Waals surface area contributed by atoms with Crippen molar-refractivity contribution >= 4 is 33.5 Å². The van der Waals surface area contributed by atoms with Gasteiger partial charge >= 0.3 is 0 Å². The zero-order valence-electron chi connectivity index (χ0n) is 13.6. The number of nitrogens with one attached hydrogen (secondary N) is 1. The number of hydrogen-bond donors (Lipinski definition) is 1. The molecule has 6 nitrogen and oxygen atoms in total. The van der Waals surface area contributed by atoms with Crippen LogP contribution in [0.1, 0.15) is 5.56 Å². The molecule has 3 aromatic rings. The number of para-hydroxylation sites is 1. The second-order valence-corrected chi connectivity index (χ2v) is 6.16. The lowest BCUT2D eigenvalue weighted by molar-refractivity contribution is -0.116. The Labute approximate surface area is 148 Å². The van der Waals surface area contributed by atoms with Gasteiger partial charge in [-0.25, -0.2) is 4.98 Å². The molecule has 2 aromatic heterocycles. The van der Waals surface area contributed by atoms with Crippen LogP contribution in [0.3, 0.4) is 0 Å². The van der Waals surface area contributed by atoms with E-state index in [-0.39, 0.29) is 11.5 Å². The summed E-state index contributed by atoms with van der Waals surface area (Å²) in [6, 6.07) is 9.25. The molecular formula is C18H17N3O3S. The molecule has 0 aliphatic carbocycles. The Bertz CT molecular complexity index is 975. The van der Waals surface area contributed by atoms with Crippen molar-refractivity contribution in [1.29, 1.82) is 0 Å². The van der Waals surface area contributed by atoms with Crippen molar-refractivity contribution < 1.29 is 9.53 Å². The highest BCUT2D eigenvalue weighted by Gasteiger charge is 2.05. The van der Waals surface area contributed by atoms with Crippen molar-refractivity contribution in [1.82, 2.24) is 14.9 Å². The number of carbonyl (C=O) groups is 1. The number of rotatable bonds is 6. The molecule has 2 heterocycles. The third-order valence-electron chi connectivity index (χ3n) is 3.64. The second-order valence-electron chi connectivity index (χ2n) is 5.24. The van der Waals surface area contributed by atoms with Gasteiger partial charge in [-0.1, -0.05) is 18.2 Å². The monoisotopic (exact) mass is 355 g/mol. The predicted octanol–water partition coefficient (Wildman–Crippen LogP) is 2.30. The minimum atomic E-state index is -0.232. The van der Waals surface area contributed by atoms with Crippen molar-refractivity contribution in [3.05, 3.63) is 64.0 Å². The molecule has 0 radical (unpaired) electrons. The van der Waals surface area contributed by atoms with Crippen LogP contribution in [0.25, 0.3) is 16.3 Å². The highest BCUT2D eigenvalue weighted by Crippen LogP contribution is 2.18. The molecular weight excluding hydrogens is 338 g/mol. The molecule has 128 valence electrons. The zero-order valence-corrected chi connectivity index (χ0v) is 14.5. The first kappa shape index (κ1) is 16.9. The Kier molecular flexibility index (Phi) is 5.25. The third kappa shape index (κ3) is 3.95. The van der Waals surface area contributed by atoms with Gasteiger partial charge in [0.15, 0.2) is 0 Å². The third-order valence-corrected chi connectivity index (χ3v) is 4.53. The summed E-state index contributed by atoms with van der Waals surface area (Å²) in [4.78, 5) is 28.4. The number of carbonyl (C=O) groups excluding carboxylic acids is 1. The summed E-state index contributed by atoms with van der Waals surface area (Å²) in [5, 5.41) is 4.60. The number of hydrogen-bond acceptors (Lipinski definition) is 5. The average molecular weight is 355 g/mol. The molecule has 0 saturated heterocycles. The lowest BCUT2D eigenvalue weighted by atomic mass is 10.2. The van der Waals surface area contributed by atoms with Crippen LogP contribution in [0.2, 0.25) is 0 Å². The molecule has 0 unspecified atom stereocenters. The minimum absolute atomic E-state index is 0.0844. The van der Waals surface area contributed by atoms with E-state index in [1.54, 1.807) is 13.2 Å². The van der Waals surface area contributed by atoms with Gasteiger partial charge in [-0.15, -0.1) is 11.3 Å². The summed E-state index contributed by atoms with van der Waals surface area (Å²) in [6.07, 6.45) is 4.65. The fourth-order valence-corrected chi connectivity index (χ4v) is 3.16. The van der Waals surface area contributed by atoms with Gasteiger partial charge < -0.3 is 10.1 Å². The Morgan fingerprint density at radius 1 is 1.36 bits per heavy atom. The molecule has 0 aliphatic rings. The van der Waals surface area contributed by atoms with Gasteiger partial charge in [0.25, 0.3) is 5.56 Å². The molecule has 7 heteroatoms. The maximum atomic E-state index is 12.2. The first-order valence-corrected chi connectivity index (χ1v) is 8.58. The van der Waals surface area contributed by atoms with Crippen LogP contribution in [0.5, 0.6) is 5.75 Å². The average Bonchev–Trinajstić information content (AvgIpc) is 3.11. The Morgan fingerprint density at radius 2 is 2.20 bits per heavy atom. The molecule has 0 aliphatic heterocycles. The van der Waals surface area contributed by atoms with E-state index in [1.165, 1.54) is 28.3 Å². The molecule has 0 fully saturated rings. The van der Waals surface area contributed by atoms with Gasteiger partial charge in [-0.2, -0.15) is 0 Å². The highest BCUT2D eigenvalue weighted by atomic mass is 32.1. The van der Waals surface area contributed by atoms with Gasteiger partial charge in [-0.05, 0) is 23.6 Å². The molecule has 1 amide bonds. The van der Waals surface area contributed by atoms with Crippen molar-refractivity contribution in [2.24, 2.45) is 0 Å². The van der Waals surface area contributed by atoms with Crippen LogP contribution in [0.4, 0.5) is 0 Å². The van der Waals surface area contributed by atoms with E-state index in [9.17, 15) is 9.59 Å². The zero-order chi connectivity index (χ0) is 17.6. The van der Waals surface area contributed by atoms with Gasteiger partial charge in [0, 0.05) is 24.7 Å². The Hall–Kier alpha value is -2.93. The summed E-state index contributed by atoms with van der Waals surface area (Å²) >= 11 is 1.37. The summed E-state index contributed by atoms with van der Waals surface area (Å²) in [5.41, 5.74) is 1.44. The van der Waals surface area contributed by atoms with Crippen LogP contribution < -0.4 is 15.6 Å². The van der Waals surface area contributed by atoms with Crippen molar-refractivity contribution in [3.8, 4) is 5.75 Å². The lowest BCUT2D eigenvalue weighted by Crippen LogP contribution is -2.29. The van der Waals surface area contributed by atoms with Crippen LogP contribution in [-0.4, -0.2) is 29.1 Å². The number of aromatic nitrogens is 2. The van der Waals surface area contributed by atoms with Crippen LogP contribution >= 0.6 is 11.3 Å². The van der Waals surface area contributed by atoms with Gasteiger partial charge in [-0.3, -0.25) is 14.2 Å². The van der Waals surface area contributed by atoms with E-state index >= 15 is 0 Å². The second kappa shape index (κ2) is 7.76. The van der Waals surface area contributed by atoms with Crippen molar-refractivity contribution in [3.63, 3.8) is 0 Å². The summed E-state index contributed by atoms with van der Waals surface area (Å²) in [6.45, 7) is 0.710. The van der Waals surface area contributed by atoms with Gasteiger partial charge in [0.1, 0.15) is 10.4 Å². The van der Waals surface area contributed by atoms with E-state index in [4.69, 9.17) is 4.74 Å². The number of nitrogens with zero attached hydrogens (tertiary/aromatic N) is 2. The van der Waals surface area contributed by atoms with Crippen molar-refractivity contribution in [2.45, 2.75) is 6.54 Å². The number of fused-ring (bicyclic) bond motifs is 1. The van der Waals surface area contributed by atoms with Crippen LogP contribution in [-0.2, 0) is 11.3 Å². The van der Waals surface area contributed by atoms with E-state index in [0.717, 1.165) is 5.56 Å². The maximum absolute atomic E-state index is 12.2. The molecule has 3 rings (SSSR count). The maximum Gasteiger partial charge on any atom is 0.271 e. The van der Waals surface area contributed by atoms with Gasteiger partial charge in [0.05, 0.1) is 19.0 Å². The molecule has 25 heavy (non-hydrogen) atoms. The number of methoxy groups -OCH3 is 1. The Balaban J connectivity index is 1.58. The fourth-order valence-electron chi connectivity index (χ4n) is 2.37. The molecule has 0 atom stereocenters. The molecule has 0 saturated carbocycles. The SMILES string of the molecule is COc1ccccc1C=CC(=O)NCCn1cnc2ccsc2c1=O. The molecule has 0 bridgehead atoms. The van der Waals surface area contributed by atoms with Gasteiger partial charge in [0.2, 0.25) is 5.91 Å². The van der Waals surface area contributed by atoms with Crippen molar-refractivity contribution in [2.75, 3.05) is 13.7 Å². The standard InChI is InChI=1S/C18H17N3O3S/c1-24-15-5-3-2-4-13(15)6-7-16(22)19-9-10-21-12-20-14-8-11-25-17(14)18(21)23/h2-8,11-12H,9-10H2,1H3,(H,19,22). The summed E-state index contributed by atoms with van der Waals surface area (Å²) in [7, 11) is 1.59. The number of benzene rings is 1. The largest absolute Gasteiger partial charge is 0.496 e. The summed E-state index contributed by atoms with van der Waals surface area (Å²) in [5.74, 6) is 0.470. The number of amides is 1. The predicted molar refractivity (Wildman–Crippen MR) is 98.9 cm³/mol. The summed E-state index contributed by atoms with van der Waals surface area (Å²) < 4.78 is 7.36. The van der Waals surface area contributed by atoms with E-state index in [2.05, 4.69) is 10.3 Å². The smallest absolute Gasteiger partial charge is 0.271 e. The molecule has 0 spiro atoms. The first-order valence-electron chi connectivity index (χ1n) is 7.70. The highest BCUT2D eigenvalue weighted by molar-refractivity contribution is 7.17. The fraction of sp³-hybridized carbons (Fsp3) is 0.167. The quantitative estimate of drug-likeness (QED) is 0.689. The molecule has 1 aromatic carbocycles. The number of ether oxygens (including phenoxy) is 1. The number of thiophene rings is 1. The molecule has 1 N–H and O–H groups in total. The lowest BCUT2D eigenvalue weighted by Gasteiger charge is -2.06. The minimum Gasteiger partial charge on any atom is -0.496 e. The van der Waals surface area contributed by atoms with Crippen LogP contribution in [0, 0.1) is 0 Å². The van der Waals surface area contributed by atoms with E-state index in [1.807, 2.05) is 35.7 Å². The van der Waals surface area contributed by atoms with E-state index in [0.29, 0.717) is 29.1 Å². The Morgan fingerprint density at radius 3 is 3.04 bits per heavy atom. The van der Waals surface area contributed by atoms with Crippen LogP contribution in [0.15, 0.2) is 52.9 Å². The van der Waals surface area contributed by atoms with E-state index < -0.39 is 0 Å².